The quantitative estimate of drug-likeness (QED) is 0.0112. The van der Waals surface area contributed by atoms with Gasteiger partial charge in [0, 0.05) is 35.7 Å². The number of hydrogen-bond acceptors (Lipinski definition) is 13. The van der Waals surface area contributed by atoms with Crippen LogP contribution in [0.15, 0.2) is 141 Å². The molecule has 0 bridgehead atoms. The summed E-state index contributed by atoms with van der Waals surface area (Å²) >= 11 is 3.70. The van der Waals surface area contributed by atoms with Gasteiger partial charge in [0.2, 0.25) is 0 Å². The van der Waals surface area contributed by atoms with E-state index in [4.69, 9.17) is 5.41 Å². The number of thiocarbonyl (C=S) groups is 1. The van der Waals surface area contributed by atoms with Crippen LogP contribution in [0.25, 0.3) is 57.8 Å². The molecule has 0 aliphatic rings. The van der Waals surface area contributed by atoms with Gasteiger partial charge in [-0.1, -0.05) is 81.7 Å². The molecule has 0 saturated heterocycles. The van der Waals surface area contributed by atoms with Crippen molar-refractivity contribution in [3.8, 4) is 34.2 Å². The van der Waals surface area contributed by atoms with Gasteiger partial charge in [-0.2, -0.15) is 18.3 Å². The summed E-state index contributed by atoms with van der Waals surface area (Å²) in [5.74, 6) is 0. The Labute approximate surface area is 451 Å². The number of aromatic nitrogens is 6. The van der Waals surface area contributed by atoms with Crippen LogP contribution in [0.2, 0.25) is 0 Å². The summed E-state index contributed by atoms with van der Waals surface area (Å²) in [6.45, 7) is 5.36. The predicted molar refractivity (Wildman–Crippen MR) is 282 cm³/mol. The van der Waals surface area contributed by atoms with Crippen molar-refractivity contribution in [1.82, 2.24) is 30.1 Å². The normalized spacial score (nSPS) is 10.8. The summed E-state index contributed by atoms with van der Waals surface area (Å²) in [5.41, 5.74) is 9.08. The number of benzene rings is 2. The minimum atomic E-state index is -4.55. The number of aryl methyl sites for hydroxylation is 2. The van der Waals surface area contributed by atoms with Gasteiger partial charge >= 0.3 is 25.7 Å². The molecule has 0 saturated carbocycles. The van der Waals surface area contributed by atoms with Crippen LogP contribution in [-0.4, -0.2) is 49.6 Å². The molecule has 14 nitrogen and oxygen atoms in total. The Morgan fingerprint density at radius 3 is 1.44 bits per heavy atom. The second-order valence-electron chi connectivity index (χ2n) is 15.9. The first-order chi connectivity index (χ1) is 36.0. The molecular formula is C56H51F3N8O6RuS. The van der Waals surface area contributed by atoms with Crippen LogP contribution < -0.4 is 10.00 Å². The predicted octanol–water partition coefficient (Wildman–Crippen LogP) is 13.3. The number of isothiocyanates is 1. The summed E-state index contributed by atoms with van der Waals surface area (Å²) in [4.78, 5) is 51.0. The Hall–Kier alpha value is -8.11. The number of anilines is 3. The first-order valence-corrected chi connectivity index (χ1v) is 23.7. The van der Waals surface area contributed by atoms with Crippen molar-refractivity contribution in [2.45, 2.75) is 71.4 Å². The Balaban J connectivity index is 0.000000307. The number of nitrogens with zero attached hydrogens (tertiary/aromatic N) is 8. The number of hydrogen-bond donors (Lipinski definition) is 0. The molecule has 0 aliphatic carbocycles. The minimum absolute atomic E-state index is 0. The van der Waals surface area contributed by atoms with Crippen molar-refractivity contribution < 1.29 is 61.2 Å². The zero-order chi connectivity index (χ0) is 53.0. The largest absolute Gasteiger partial charge is 2.00 e. The monoisotopic (exact) mass is 1120 g/mol. The minimum Gasteiger partial charge on any atom is -0.753 e. The van der Waals surface area contributed by atoms with E-state index >= 15 is 0 Å². The number of unbranched alkanes of at least 4 members (excludes halogenated alkanes) is 4. The van der Waals surface area contributed by atoms with Gasteiger partial charge in [-0.15, -0.1) is 0 Å². The molecule has 7 aromatic rings. The topological polar surface area (TPSA) is 183 Å². The number of carbonyl (C=O) groups excluding carboxylic acids is 3. The van der Waals surface area contributed by atoms with Crippen LogP contribution in [-0.2, 0) is 67.1 Å². The molecule has 0 amide bonds. The van der Waals surface area contributed by atoms with Crippen molar-refractivity contribution >= 4 is 72.1 Å². The van der Waals surface area contributed by atoms with Crippen molar-refractivity contribution in [2.24, 2.45) is 0 Å². The van der Waals surface area contributed by atoms with E-state index in [1.54, 1.807) is 79.3 Å². The molecule has 7 rings (SSSR count). The average molecular weight is 1120 g/mol. The Bertz CT molecular complexity index is 2880. The fourth-order valence-electron chi connectivity index (χ4n) is 7.23. The smallest absolute Gasteiger partial charge is 0.753 e. The van der Waals surface area contributed by atoms with Gasteiger partial charge in [-0.05, 0) is 151 Å². The molecule has 0 fully saturated rings. The second-order valence-corrected chi connectivity index (χ2v) is 16.1. The summed E-state index contributed by atoms with van der Waals surface area (Å²) in [7, 11) is 0. The first kappa shape index (κ1) is 59.5. The third kappa shape index (κ3) is 19.4. The van der Waals surface area contributed by atoms with E-state index in [2.05, 4.69) is 124 Å². The third-order valence-corrected chi connectivity index (χ3v) is 10.7. The second kappa shape index (κ2) is 32.2. The van der Waals surface area contributed by atoms with E-state index < -0.39 is 11.9 Å². The zero-order valence-corrected chi connectivity index (χ0v) is 43.4. The number of carbonyl (C=O) groups is 3. The number of ether oxygens (including phenoxy) is 3. The van der Waals surface area contributed by atoms with Gasteiger partial charge < -0.3 is 34.7 Å². The standard InChI is InChI=1S/C31H34F3N4.C24H17N3O6.CNS.Ru/c1-3-5-7-9-23-11-15-25(16-12-23)38(26-17-13-24(14-18-26)10-8-6-4-2)27-19-20-35-28(21-27)29-22-30(37-36-29)31(32,33)34;28-15-31-8-3-18-1-6-25-21(11-18)23-13-20(5-10-33-17-30)14-24(27-23)22-12-19(2-7-26-22)4-9-32-16-29;2-1-3;/h11-22H,3-10H2,1-2H3;1-17H;;/q-1;;-1;+2/b;8-3+,9-4+,10-5+;;. The number of halogens is 3. The molecule has 0 radical (unpaired) electrons. The van der Waals surface area contributed by atoms with Gasteiger partial charge in [0.15, 0.2) is 0 Å². The van der Waals surface area contributed by atoms with Crippen molar-refractivity contribution in [2.75, 3.05) is 4.90 Å². The van der Waals surface area contributed by atoms with Crippen LogP contribution in [0, 0.1) is 0 Å². The van der Waals surface area contributed by atoms with E-state index in [0.717, 1.165) is 59.9 Å². The number of pyridine rings is 4. The molecule has 0 spiro atoms. The molecule has 0 unspecified atom stereocenters. The third-order valence-electron chi connectivity index (χ3n) is 10.7. The van der Waals surface area contributed by atoms with Crippen LogP contribution >= 0.6 is 12.2 Å². The molecule has 19 heteroatoms. The number of rotatable bonds is 23. The van der Waals surface area contributed by atoms with E-state index in [0.29, 0.717) is 53.4 Å². The molecule has 0 atom stereocenters. The maximum absolute atomic E-state index is 13.1. The van der Waals surface area contributed by atoms with Gasteiger partial charge in [0.25, 0.3) is 19.4 Å². The van der Waals surface area contributed by atoms with E-state index in [-0.39, 0.29) is 25.2 Å². The summed E-state index contributed by atoms with van der Waals surface area (Å²) in [5, 5.41) is 15.5. The molecule has 75 heavy (non-hydrogen) atoms. The fraction of sp³-hybridized carbons (Fsp3) is 0.196. The van der Waals surface area contributed by atoms with Gasteiger partial charge in [-0.3, -0.25) is 29.3 Å². The Kier molecular flexibility index (Phi) is 25.5. The van der Waals surface area contributed by atoms with Crippen LogP contribution in [0.3, 0.4) is 0 Å². The van der Waals surface area contributed by atoms with Crippen molar-refractivity contribution in [3.05, 3.63) is 179 Å². The fourth-order valence-corrected chi connectivity index (χ4v) is 7.23. The molecule has 5 heterocycles. The van der Waals surface area contributed by atoms with Crippen LogP contribution in [0.5, 0.6) is 0 Å². The van der Waals surface area contributed by atoms with Crippen molar-refractivity contribution in [1.29, 1.82) is 0 Å². The van der Waals surface area contributed by atoms with Crippen LogP contribution in [0.4, 0.5) is 30.2 Å². The molecule has 5 aromatic heterocycles. The SMILES string of the molecule is CCCCCc1ccc(N(c2ccc(CCCCC)cc2)c2ccnc(-c3cc(C(F)(F)F)n[n-]3)c2)cc1.O=CO/C=C/c1ccnc(-c2cc(/C=C/OC=O)cc(-c3cc(/C=C/OC=O)ccn3)n2)c1.[N-]=C=S.[Ru+2]. The van der Waals surface area contributed by atoms with Gasteiger partial charge in [0.05, 0.1) is 47.3 Å². The van der Waals surface area contributed by atoms with Gasteiger partial charge in [0.1, 0.15) is 5.69 Å². The van der Waals surface area contributed by atoms with E-state index in [9.17, 15) is 27.6 Å². The van der Waals surface area contributed by atoms with Crippen LogP contribution in [0.1, 0.15) is 85.9 Å². The van der Waals surface area contributed by atoms with E-state index in [1.807, 2.05) is 6.07 Å². The van der Waals surface area contributed by atoms with Crippen molar-refractivity contribution in [3.63, 3.8) is 0 Å². The molecule has 0 N–H and O–H groups in total. The molecule has 386 valence electrons. The molecule has 2 aromatic carbocycles. The first-order valence-electron chi connectivity index (χ1n) is 23.3. The number of alkyl halides is 3. The molecule has 0 aliphatic heterocycles. The summed E-state index contributed by atoms with van der Waals surface area (Å²) in [6.07, 6.45) is 18.0. The Morgan fingerprint density at radius 2 is 1.01 bits per heavy atom. The maximum Gasteiger partial charge on any atom is 2.00 e. The van der Waals surface area contributed by atoms with Gasteiger partial charge in [-0.25, -0.2) is 4.98 Å². The summed E-state index contributed by atoms with van der Waals surface area (Å²) < 4.78 is 53.1. The molecular weight excluding hydrogens is 1070 g/mol. The van der Waals surface area contributed by atoms with E-state index in [1.165, 1.54) is 60.8 Å². The average Bonchev–Trinajstić information content (AvgIpc) is 3.93. The Morgan fingerprint density at radius 1 is 0.587 bits per heavy atom. The summed E-state index contributed by atoms with van der Waals surface area (Å²) in [6, 6.07) is 32.1. The maximum atomic E-state index is 13.1. The zero-order valence-electron chi connectivity index (χ0n) is 40.8.